The number of hydrogen-bond acceptors (Lipinski definition) is 5. The third-order valence-corrected chi connectivity index (χ3v) is 2.80. The average molecular weight is 248 g/mol. The highest BCUT2D eigenvalue weighted by Gasteiger charge is 2.22. The van der Waals surface area contributed by atoms with E-state index in [2.05, 4.69) is 5.32 Å². The second-order valence-electron chi connectivity index (χ2n) is 4.33. The Morgan fingerprint density at radius 3 is 2.31 bits per heavy atom. The van der Waals surface area contributed by atoms with Crippen LogP contribution in [0.1, 0.15) is 20.8 Å². The lowest BCUT2D eigenvalue weighted by molar-refractivity contribution is 0.0529. The van der Waals surface area contributed by atoms with Gasteiger partial charge in [0.25, 0.3) is 0 Å². The number of nitriles is 1. The van der Waals surface area contributed by atoms with Gasteiger partial charge < -0.3 is 10.1 Å². The Hall–Kier alpha value is -1.29. The van der Waals surface area contributed by atoms with Gasteiger partial charge >= 0.3 is 6.09 Å². The lowest BCUT2D eigenvalue weighted by Crippen LogP contribution is -2.38. The summed E-state index contributed by atoms with van der Waals surface area (Å²) in [6.07, 6.45) is 0.203. The summed E-state index contributed by atoms with van der Waals surface area (Å²) in [5.41, 5.74) is -0.655. The predicted octanol–water partition coefficient (Wildman–Crippen LogP) is 0.448. The number of ether oxygens (including phenoxy) is 1. The molecule has 6 nitrogen and oxygen atoms in total. The maximum atomic E-state index is 11.2. The first-order valence-electron chi connectivity index (χ1n) is 4.61. The van der Waals surface area contributed by atoms with Gasteiger partial charge in [-0.3, -0.25) is 0 Å². The normalized spacial score (nSPS) is 13.7. The van der Waals surface area contributed by atoms with Gasteiger partial charge in [-0.2, -0.15) is 5.26 Å². The minimum absolute atomic E-state index is 0.274. The fourth-order valence-corrected chi connectivity index (χ4v) is 1.36. The highest BCUT2D eigenvalue weighted by atomic mass is 32.2. The molecular weight excluding hydrogens is 232 g/mol. The lowest BCUT2D eigenvalue weighted by Gasteiger charge is -2.20. The van der Waals surface area contributed by atoms with Crippen molar-refractivity contribution in [2.75, 3.05) is 12.8 Å². The van der Waals surface area contributed by atoms with Crippen molar-refractivity contribution in [3.05, 3.63) is 0 Å². The molecule has 0 saturated heterocycles. The second kappa shape index (κ2) is 5.16. The van der Waals surface area contributed by atoms with Crippen LogP contribution in [0.25, 0.3) is 0 Å². The molecule has 0 aliphatic heterocycles. The molecule has 0 fully saturated rings. The highest BCUT2D eigenvalue weighted by molar-refractivity contribution is 7.91. The first-order chi connectivity index (χ1) is 7.06. The van der Waals surface area contributed by atoms with E-state index in [0.29, 0.717) is 0 Å². The number of carbonyl (C=O) groups is 1. The van der Waals surface area contributed by atoms with Crippen LogP contribution in [0.2, 0.25) is 0 Å². The Morgan fingerprint density at radius 2 is 2.00 bits per heavy atom. The maximum Gasteiger partial charge on any atom is 0.407 e. The van der Waals surface area contributed by atoms with E-state index < -0.39 is 26.8 Å². The number of hydrogen-bond donors (Lipinski definition) is 1. The molecule has 0 aromatic heterocycles. The molecule has 1 N–H and O–H groups in total. The van der Waals surface area contributed by atoms with Crippen molar-refractivity contribution in [1.82, 2.24) is 5.32 Å². The van der Waals surface area contributed by atoms with Gasteiger partial charge in [0, 0.05) is 6.26 Å². The number of nitrogens with one attached hydrogen (secondary N) is 1. The summed E-state index contributed by atoms with van der Waals surface area (Å²) in [5, 5.41) is 9.57. The van der Waals surface area contributed by atoms with Crippen molar-refractivity contribution in [2.45, 2.75) is 31.6 Å². The molecule has 0 spiro atoms. The Bertz CT molecular complexity index is 389. The van der Waals surface area contributed by atoms with E-state index >= 15 is 0 Å². The summed E-state index contributed by atoms with van der Waals surface area (Å²) in [4.78, 5) is 11.2. The molecular formula is C9H16N2O4S. The van der Waals surface area contributed by atoms with E-state index in [1.807, 2.05) is 0 Å². The van der Waals surface area contributed by atoms with Crippen molar-refractivity contribution < 1.29 is 17.9 Å². The third-order valence-electron chi connectivity index (χ3n) is 1.49. The van der Waals surface area contributed by atoms with Gasteiger partial charge in [0.2, 0.25) is 0 Å². The van der Waals surface area contributed by atoms with E-state index in [1.165, 1.54) is 0 Å². The SMILES string of the molecule is CC(C)(C)OC(=O)NCC(C#N)S(C)(=O)=O. The second-order valence-corrected chi connectivity index (χ2v) is 6.56. The van der Waals surface area contributed by atoms with Crippen LogP contribution < -0.4 is 5.32 Å². The molecule has 1 unspecified atom stereocenters. The van der Waals surface area contributed by atoms with Crippen LogP contribution in [0, 0.1) is 11.3 Å². The van der Waals surface area contributed by atoms with Gasteiger partial charge in [-0.1, -0.05) is 0 Å². The van der Waals surface area contributed by atoms with Crippen LogP contribution in [0.4, 0.5) is 4.79 Å². The first kappa shape index (κ1) is 14.7. The van der Waals surface area contributed by atoms with Crippen LogP contribution in [-0.2, 0) is 14.6 Å². The summed E-state index contributed by atoms with van der Waals surface area (Å²) in [6.45, 7) is 4.78. The van der Waals surface area contributed by atoms with Crippen molar-refractivity contribution in [2.24, 2.45) is 0 Å². The zero-order valence-corrected chi connectivity index (χ0v) is 10.6. The molecule has 0 radical (unpaired) electrons. The van der Waals surface area contributed by atoms with E-state index in [0.717, 1.165) is 6.26 Å². The fourth-order valence-electron chi connectivity index (χ4n) is 0.783. The Kier molecular flexibility index (Phi) is 4.75. The van der Waals surface area contributed by atoms with E-state index in [9.17, 15) is 13.2 Å². The van der Waals surface area contributed by atoms with E-state index in [4.69, 9.17) is 10.00 Å². The zero-order chi connectivity index (χ0) is 13.0. The summed E-state index contributed by atoms with van der Waals surface area (Å²) in [7, 11) is -3.49. The molecule has 7 heteroatoms. The monoisotopic (exact) mass is 248 g/mol. The number of sulfone groups is 1. The molecule has 0 saturated carbocycles. The lowest BCUT2D eigenvalue weighted by atomic mass is 10.2. The van der Waals surface area contributed by atoms with Gasteiger partial charge in [-0.25, -0.2) is 13.2 Å². The molecule has 0 aliphatic carbocycles. The Balaban J connectivity index is 4.27. The number of carbonyl (C=O) groups excluding carboxylic acids is 1. The number of alkyl carbamates (subject to hydrolysis) is 1. The third kappa shape index (κ3) is 6.24. The molecule has 0 aromatic carbocycles. The summed E-state index contributed by atoms with van der Waals surface area (Å²) < 4.78 is 27.0. The molecule has 0 bridgehead atoms. The standard InChI is InChI=1S/C9H16N2O4S/c1-9(2,3)15-8(12)11-6-7(5-10)16(4,13)14/h7H,6H2,1-4H3,(H,11,12). The number of amides is 1. The van der Waals surface area contributed by atoms with E-state index in [1.54, 1.807) is 26.8 Å². The quantitative estimate of drug-likeness (QED) is 0.782. The summed E-state index contributed by atoms with van der Waals surface area (Å²) >= 11 is 0. The maximum absolute atomic E-state index is 11.2. The summed E-state index contributed by atoms with van der Waals surface area (Å²) in [5.74, 6) is 0. The average Bonchev–Trinajstić information content (AvgIpc) is 1.98. The molecule has 1 atom stereocenters. The smallest absolute Gasteiger partial charge is 0.407 e. The number of rotatable bonds is 3. The molecule has 16 heavy (non-hydrogen) atoms. The number of nitrogens with zero attached hydrogens (tertiary/aromatic N) is 1. The zero-order valence-electron chi connectivity index (χ0n) is 9.77. The minimum atomic E-state index is -3.49. The van der Waals surface area contributed by atoms with Gasteiger partial charge in [0.15, 0.2) is 15.1 Å². The highest BCUT2D eigenvalue weighted by Crippen LogP contribution is 2.06. The van der Waals surface area contributed by atoms with Gasteiger partial charge in [0.05, 0.1) is 12.6 Å². The molecule has 0 aliphatic rings. The van der Waals surface area contributed by atoms with Gasteiger partial charge in [-0.05, 0) is 20.8 Å². The first-order valence-corrected chi connectivity index (χ1v) is 6.57. The molecule has 0 aromatic rings. The van der Waals surface area contributed by atoms with Crippen LogP contribution in [0.5, 0.6) is 0 Å². The largest absolute Gasteiger partial charge is 0.444 e. The van der Waals surface area contributed by atoms with Crippen molar-refractivity contribution in [1.29, 1.82) is 5.26 Å². The van der Waals surface area contributed by atoms with Crippen LogP contribution >= 0.6 is 0 Å². The topological polar surface area (TPSA) is 96.3 Å². The Labute approximate surface area is 95.5 Å². The molecule has 0 rings (SSSR count). The van der Waals surface area contributed by atoms with Crippen molar-refractivity contribution >= 4 is 15.9 Å². The van der Waals surface area contributed by atoms with Crippen molar-refractivity contribution in [3.8, 4) is 6.07 Å². The van der Waals surface area contributed by atoms with Crippen LogP contribution in [0.15, 0.2) is 0 Å². The molecule has 1 amide bonds. The predicted molar refractivity (Wildman–Crippen MR) is 58.5 cm³/mol. The van der Waals surface area contributed by atoms with Crippen molar-refractivity contribution in [3.63, 3.8) is 0 Å². The summed E-state index contributed by atoms with van der Waals surface area (Å²) in [6, 6.07) is 1.60. The molecule has 92 valence electrons. The van der Waals surface area contributed by atoms with Crippen LogP contribution in [0.3, 0.4) is 0 Å². The fraction of sp³-hybridized carbons (Fsp3) is 0.778. The molecule has 0 heterocycles. The minimum Gasteiger partial charge on any atom is -0.444 e. The Morgan fingerprint density at radius 1 is 1.50 bits per heavy atom. The van der Waals surface area contributed by atoms with Gasteiger partial charge in [0.1, 0.15) is 5.60 Å². The van der Waals surface area contributed by atoms with Gasteiger partial charge in [-0.15, -0.1) is 0 Å². The van der Waals surface area contributed by atoms with Crippen LogP contribution in [-0.4, -0.2) is 38.2 Å². The van der Waals surface area contributed by atoms with E-state index in [-0.39, 0.29) is 6.54 Å².